The van der Waals surface area contributed by atoms with Crippen molar-refractivity contribution >= 4 is 11.3 Å². The van der Waals surface area contributed by atoms with Gasteiger partial charge in [0.25, 0.3) is 0 Å². The molecule has 1 aliphatic rings. The molecule has 1 aromatic carbocycles. The lowest BCUT2D eigenvalue weighted by molar-refractivity contribution is 0.498. The van der Waals surface area contributed by atoms with E-state index in [1.54, 1.807) is 10.4 Å². The molecule has 1 N–H and O–H groups in total. The molecule has 1 aliphatic carbocycles. The topological polar surface area (TPSA) is 12.0 Å². The van der Waals surface area contributed by atoms with Crippen LogP contribution in [0.4, 0.5) is 0 Å². The van der Waals surface area contributed by atoms with Gasteiger partial charge in [-0.15, -0.1) is 11.3 Å². The standard InChI is InChI=1S/C19H25NS/c1-13-8-4-6-10-17(13)14(2)20-15(3)19-12-16-9-5-7-11-18(16)21-19/h4,6,8,10,12,14-15,20H,5,7,9,11H2,1-3H3/t14-,15?/m0/s1. The minimum Gasteiger partial charge on any atom is -0.303 e. The fourth-order valence-electron chi connectivity index (χ4n) is 3.35. The van der Waals surface area contributed by atoms with Gasteiger partial charge in [-0.1, -0.05) is 24.3 Å². The van der Waals surface area contributed by atoms with Gasteiger partial charge in [0.2, 0.25) is 0 Å². The van der Waals surface area contributed by atoms with E-state index in [4.69, 9.17) is 0 Å². The molecule has 1 heterocycles. The van der Waals surface area contributed by atoms with Gasteiger partial charge in [-0.05, 0) is 69.2 Å². The Bertz CT molecular complexity index is 590. The first-order chi connectivity index (χ1) is 10.1. The molecule has 0 amide bonds. The monoisotopic (exact) mass is 299 g/mol. The minimum atomic E-state index is 0.389. The molecule has 0 radical (unpaired) electrons. The Balaban J connectivity index is 1.72. The molecule has 0 aliphatic heterocycles. The van der Waals surface area contributed by atoms with Crippen LogP contribution in [0.3, 0.4) is 0 Å². The normalized spacial score (nSPS) is 17.3. The summed E-state index contributed by atoms with van der Waals surface area (Å²) in [4.78, 5) is 3.13. The van der Waals surface area contributed by atoms with E-state index in [0.717, 1.165) is 0 Å². The zero-order valence-electron chi connectivity index (χ0n) is 13.3. The Morgan fingerprint density at radius 3 is 2.57 bits per heavy atom. The largest absolute Gasteiger partial charge is 0.303 e. The molecular formula is C19H25NS. The molecule has 0 saturated carbocycles. The molecule has 3 rings (SSSR count). The van der Waals surface area contributed by atoms with Gasteiger partial charge in [-0.25, -0.2) is 0 Å². The van der Waals surface area contributed by atoms with Crippen LogP contribution in [0.25, 0.3) is 0 Å². The van der Waals surface area contributed by atoms with Gasteiger partial charge in [-0.2, -0.15) is 0 Å². The maximum atomic E-state index is 3.77. The van der Waals surface area contributed by atoms with Crippen molar-refractivity contribution in [3.05, 3.63) is 56.8 Å². The summed E-state index contributed by atoms with van der Waals surface area (Å²) < 4.78 is 0. The summed E-state index contributed by atoms with van der Waals surface area (Å²) in [6.45, 7) is 6.76. The van der Waals surface area contributed by atoms with Crippen LogP contribution in [0.5, 0.6) is 0 Å². The summed E-state index contributed by atoms with van der Waals surface area (Å²) in [5.74, 6) is 0. The highest BCUT2D eigenvalue weighted by Gasteiger charge is 2.18. The minimum absolute atomic E-state index is 0.389. The molecule has 0 saturated heterocycles. The van der Waals surface area contributed by atoms with Gasteiger partial charge < -0.3 is 5.32 Å². The van der Waals surface area contributed by atoms with Gasteiger partial charge in [0.05, 0.1) is 0 Å². The van der Waals surface area contributed by atoms with Crippen molar-refractivity contribution in [2.75, 3.05) is 0 Å². The van der Waals surface area contributed by atoms with Crippen LogP contribution in [0.1, 0.15) is 65.2 Å². The molecule has 0 spiro atoms. The van der Waals surface area contributed by atoms with E-state index in [1.807, 2.05) is 11.3 Å². The predicted octanol–water partition coefficient (Wildman–Crippen LogP) is 5.35. The second kappa shape index (κ2) is 6.33. The number of hydrogen-bond acceptors (Lipinski definition) is 2. The van der Waals surface area contributed by atoms with E-state index in [0.29, 0.717) is 12.1 Å². The average molecular weight is 299 g/mol. The maximum absolute atomic E-state index is 3.77. The van der Waals surface area contributed by atoms with Gasteiger partial charge in [0, 0.05) is 21.8 Å². The van der Waals surface area contributed by atoms with E-state index >= 15 is 0 Å². The van der Waals surface area contributed by atoms with Crippen LogP contribution in [-0.4, -0.2) is 0 Å². The SMILES string of the molecule is Cc1ccccc1[C@H](C)NC(C)c1cc2c(s1)CCCC2. The summed E-state index contributed by atoms with van der Waals surface area (Å²) >= 11 is 2.02. The number of thiophene rings is 1. The smallest absolute Gasteiger partial charge is 0.0391 e. The van der Waals surface area contributed by atoms with E-state index in [9.17, 15) is 0 Å². The molecule has 0 bridgehead atoms. The van der Waals surface area contributed by atoms with Crippen LogP contribution in [-0.2, 0) is 12.8 Å². The summed E-state index contributed by atoms with van der Waals surface area (Å²) in [5, 5.41) is 3.77. The molecule has 1 unspecified atom stereocenters. The number of aryl methyl sites for hydroxylation is 3. The zero-order valence-corrected chi connectivity index (χ0v) is 14.1. The first kappa shape index (κ1) is 14.8. The summed E-state index contributed by atoms with van der Waals surface area (Å²) in [6, 6.07) is 11.9. The second-order valence-electron chi connectivity index (χ2n) is 6.27. The average Bonchev–Trinajstić information content (AvgIpc) is 2.91. The Kier molecular flexibility index (Phi) is 4.46. The second-order valence-corrected chi connectivity index (χ2v) is 7.44. The van der Waals surface area contributed by atoms with E-state index in [-0.39, 0.29) is 0 Å². The van der Waals surface area contributed by atoms with Gasteiger partial charge in [0.1, 0.15) is 0 Å². The summed E-state index contributed by atoms with van der Waals surface area (Å²) in [6.07, 6.45) is 5.31. The van der Waals surface area contributed by atoms with Crippen LogP contribution in [0.15, 0.2) is 30.3 Å². The van der Waals surface area contributed by atoms with Crippen molar-refractivity contribution < 1.29 is 0 Å². The molecular weight excluding hydrogens is 274 g/mol. The molecule has 112 valence electrons. The number of benzene rings is 1. The van der Waals surface area contributed by atoms with E-state index in [1.165, 1.54) is 41.7 Å². The third-order valence-electron chi connectivity index (χ3n) is 4.60. The highest BCUT2D eigenvalue weighted by Crippen LogP contribution is 2.33. The third kappa shape index (κ3) is 3.22. The Labute approximate surface area is 132 Å². The van der Waals surface area contributed by atoms with E-state index < -0.39 is 0 Å². The van der Waals surface area contributed by atoms with Crippen LogP contribution in [0.2, 0.25) is 0 Å². The van der Waals surface area contributed by atoms with E-state index in [2.05, 4.69) is 56.4 Å². The Morgan fingerprint density at radius 1 is 1.05 bits per heavy atom. The van der Waals surface area contributed by atoms with Crippen LogP contribution in [0, 0.1) is 6.92 Å². The van der Waals surface area contributed by atoms with Crippen molar-refractivity contribution in [2.45, 2.75) is 58.5 Å². The van der Waals surface area contributed by atoms with Crippen molar-refractivity contribution in [3.63, 3.8) is 0 Å². The Morgan fingerprint density at radius 2 is 1.81 bits per heavy atom. The molecule has 0 fully saturated rings. The zero-order chi connectivity index (χ0) is 14.8. The van der Waals surface area contributed by atoms with Gasteiger partial charge in [-0.3, -0.25) is 0 Å². The number of rotatable bonds is 4. The Hall–Kier alpha value is -1.12. The highest BCUT2D eigenvalue weighted by atomic mass is 32.1. The lowest BCUT2D eigenvalue weighted by Gasteiger charge is -2.21. The lowest BCUT2D eigenvalue weighted by Crippen LogP contribution is -2.22. The third-order valence-corrected chi connectivity index (χ3v) is 6.02. The quantitative estimate of drug-likeness (QED) is 0.802. The van der Waals surface area contributed by atoms with Crippen molar-refractivity contribution in [1.29, 1.82) is 0 Å². The molecule has 2 aromatic rings. The molecule has 21 heavy (non-hydrogen) atoms. The number of fused-ring (bicyclic) bond motifs is 1. The number of hydrogen-bond donors (Lipinski definition) is 1. The van der Waals surface area contributed by atoms with Crippen LogP contribution >= 0.6 is 11.3 Å². The van der Waals surface area contributed by atoms with Crippen molar-refractivity contribution in [2.24, 2.45) is 0 Å². The molecule has 1 nitrogen and oxygen atoms in total. The van der Waals surface area contributed by atoms with Gasteiger partial charge >= 0.3 is 0 Å². The number of nitrogens with one attached hydrogen (secondary N) is 1. The summed E-state index contributed by atoms with van der Waals surface area (Å²) in [7, 11) is 0. The molecule has 2 atom stereocenters. The highest BCUT2D eigenvalue weighted by molar-refractivity contribution is 7.12. The lowest BCUT2D eigenvalue weighted by atomic mass is 9.98. The molecule has 2 heteroatoms. The fraction of sp³-hybridized carbons (Fsp3) is 0.474. The first-order valence-corrected chi connectivity index (χ1v) is 8.90. The summed E-state index contributed by atoms with van der Waals surface area (Å²) in [5.41, 5.74) is 4.39. The van der Waals surface area contributed by atoms with Crippen molar-refractivity contribution in [3.8, 4) is 0 Å². The van der Waals surface area contributed by atoms with Crippen LogP contribution < -0.4 is 5.32 Å². The molecule has 1 aromatic heterocycles. The first-order valence-electron chi connectivity index (χ1n) is 8.08. The van der Waals surface area contributed by atoms with Gasteiger partial charge in [0.15, 0.2) is 0 Å². The maximum Gasteiger partial charge on any atom is 0.0391 e. The predicted molar refractivity (Wildman–Crippen MR) is 92.1 cm³/mol. The fourth-order valence-corrected chi connectivity index (χ4v) is 4.62. The van der Waals surface area contributed by atoms with Crippen molar-refractivity contribution in [1.82, 2.24) is 5.32 Å².